The largest absolute Gasteiger partial charge is 0.493 e. The standard InChI is InChI=1S/C24H16ClF5N2O3/c25-19-10-16(23(34)32-12-2-3-20(27)17(8-12)22(31)33)14(9-18(19)24(28,29)30)13-5-6-35-21-4-1-11(26)7-15(13)21/h1-4,7-10,13H,5-6H2,(H2,31,33)(H,32,34). The molecule has 0 bridgehead atoms. The molecule has 0 spiro atoms. The van der Waals surface area contributed by atoms with Crippen LogP contribution in [0.1, 0.15) is 49.7 Å². The summed E-state index contributed by atoms with van der Waals surface area (Å²) in [7, 11) is 0. The summed E-state index contributed by atoms with van der Waals surface area (Å²) in [6, 6.07) is 8.37. The highest BCUT2D eigenvalue weighted by atomic mass is 35.5. The molecule has 1 aliphatic rings. The summed E-state index contributed by atoms with van der Waals surface area (Å²) in [5.74, 6) is -4.01. The molecule has 0 aromatic heterocycles. The lowest BCUT2D eigenvalue weighted by molar-refractivity contribution is -0.137. The maximum Gasteiger partial charge on any atom is 0.417 e. The van der Waals surface area contributed by atoms with Crippen LogP contribution in [0.4, 0.5) is 27.6 Å². The first kappa shape index (κ1) is 24.5. The molecule has 0 aliphatic carbocycles. The minimum atomic E-state index is -4.82. The van der Waals surface area contributed by atoms with E-state index in [1.54, 1.807) is 0 Å². The Balaban J connectivity index is 1.83. The van der Waals surface area contributed by atoms with Gasteiger partial charge >= 0.3 is 6.18 Å². The van der Waals surface area contributed by atoms with Crippen LogP contribution in [-0.2, 0) is 6.18 Å². The molecular formula is C24H16ClF5N2O3. The zero-order valence-corrected chi connectivity index (χ0v) is 18.4. The van der Waals surface area contributed by atoms with Crippen molar-refractivity contribution in [2.45, 2.75) is 18.5 Å². The number of alkyl halides is 3. The van der Waals surface area contributed by atoms with Crippen molar-refractivity contribution in [3.05, 3.63) is 93.0 Å². The fourth-order valence-electron chi connectivity index (χ4n) is 3.97. The number of halogens is 6. The van der Waals surface area contributed by atoms with Gasteiger partial charge in [0.2, 0.25) is 0 Å². The minimum Gasteiger partial charge on any atom is -0.493 e. The van der Waals surface area contributed by atoms with Crippen molar-refractivity contribution in [2.75, 3.05) is 11.9 Å². The Morgan fingerprint density at radius 3 is 2.43 bits per heavy atom. The molecule has 182 valence electrons. The molecule has 35 heavy (non-hydrogen) atoms. The van der Waals surface area contributed by atoms with E-state index in [4.69, 9.17) is 22.1 Å². The predicted molar refractivity (Wildman–Crippen MR) is 118 cm³/mol. The molecule has 3 aromatic carbocycles. The van der Waals surface area contributed by atoms with Gasteiger partial charge in [0.15, 0.2) is 0 Å². The Morgan fingerprint density at radius 1 is 1.00 bits per heavy atom. The highest BCUT2D eigenvalue weighted by Crippen LogP contribution is 2.44. The van der Waals surface area contributed by atoms with Gasteiger partial charge in [0, 0.05) is 22.7 Å². The Labute approximate surface area is 200 Å². The number of hydrogen-bond acceptors (Lipinski definition) is 3. The molecule has 4 rings (SSSR count). The van der Waals surface area contributed by atoms with E-state index in [-0.39, 0.29) is 41.2 Å². The number of primary amides is 1. The lowest BCUT2D eigenvalue weighted by Crippen LogP contribution is -2.22. The molecule has 1 atom stereocenters. The number of carbonyl (C=O) groups excluding carboxylic acids is 2. The molecule has 0 saturated heterocycles. The Bertz CT molecular complexity index is 1340. The van der Waals surface area contributed by atoms with Gasteiger partial charge < -0.3 is 15.8 Å². The second kappa shape index (κ2) is 9.18. The highest BCUT2D eigenvalue weighted by Gasteiger charge is 2.37. The van der Waals surface area contributed by atoms with E-state index in [1.807, 2.05) is 0 Å². The van der Waals surface area contributed by atoms with Crippen LogP contribution < -0.4 is 15.8 Å². The number of nitrogens with one attached hydrogen (secondary N) is 1. The summed E-state index contributed by atoms with van der Waals surface area (Å²) in [5.41, 5.74) is 3.47. The number of fused-ring (bicyclic) bond motifs is 1. The predicted octanol–water partition coefficient (Wildman–Crippen LogP) is 5.90. The van der Waals surface area contributed by atoms with Crippen LogP contribution in [0.3, 0.4) is 0 Å². The number of anilines is 1. The lowest BCUT2D eigenvalue weighted by atomic mass is 9.83. The van der Waals surface area contributed by atoms with Crippen molar-refractivity contribution >= 4 is 29.1 Å². The first-order valence-electron chi connectivity index (χ1n) is 10.2. The van der Waals surface area contributed by atoms with Gasteiger partial charge in [-0.3, -0.25) is 9.59 Å². The van der Waals surface area contributed by atoms with Crippen LogP contribution in [0.2, 0.25) is 5.02 Å². The Kier molecular flexibility index (Phi) is 6.42. The van der Waals surface area contributed by atoms with Crippen molar-refractivity contribution in [3.63, 3.8) is 0 Å². The third-order valence-corrected chi connectivity index (χ3v) is 5.88. The molecule has 1 unspecified atom stereocenters. The molecule has 1 aliphatic heterocycles. The van der Waals surface area contributed by atoms with E-state index < -0.39 is 51.7 Å². The number of carbonyl (C=O) groups is 2. The average Bonchev–Trinajstić information content (AvgIpc) is 2.78. The van der Waals surface area contributed by atoms with E-state index in [1.165, 1.54) is 6.07 Å². The minimum absolute atomic E-state index is 0.0226. The van der Waals surface area contributed by atoms with Crippen LogP contribution in [0, 0.1) is 11.6 Å². The van der Waals surface area contributed by atoms with E-state index in [2.05, 4.69) is 5.32 Å². The van der Waals surface area contributed by atoms with E-state index in [9.17, 15) is 31.5 Å². The maximum absolute atomic E-state index is 14.0. The maximum atomic E-state index is 14.0. The van der Waals surface area contributed by atoms with Crippen molar-refractivity contribution < 1.29 is 36.3 Å². The molecule has 3 aromatic rings. The van der Waals surface area contributed by atoms with Gasteiger partial charge in [-0.15, -0.1) is 0 Å². The summed E-state index contributed by atoms with van der Waals surface area (Å²) in [6.07, 6.45) is -4.65. The van der Waals surface area contributed by atoms with Gasteiger partial charge in [-0.1, -0.05) is 11.6 Å². The second-order valence-corrected chi connectivity index (χ2v) is 8.21. The number of amides is 2. The third-order valence-electron chi connectivity index (χ3n) is 5.57. The van der Waals surface area contributed by atoms with Crippen molar-refractivity contribution in [1.82, 2.24) is 0 Å². The number of benzene rings is 3. The smallest absolute Gasteiger partial charge is 0.417 e. The summed E-state index contributed by atoms with van der Waals surface area (Å²) in [6.45, 7) is 0.119. The second-order valence-electron chi connectivity index (χ2n) is 7.80. The Morgan fingerprint density at radius 2 is 1.74 bits per heavy atom. The van der Waals surface area contributed by atoms with Crippen LogP contribution in [0.25, 0.3) is 0 Å². The number of nitrogens with two attached hydrogens (primary N) is 1. The fourth-order valence-corrected chi connectivity index (χ4v) is 4.24. The van der Waals surface area contributed by atoms with Crippen LogP contribution in [0.5, 0.6) is 5.75 Å². The zero-order valence-electron chi connectivity index (χ0n) is 17.7. The first-order valence-corrected chi connectivity index (χ1v) is 10.6. The molecule has 5 nitrogen and oxygen atoms in total. The first-order chi connectivity index (χ1) is 16.5. The van der Waals surface area contributed by atoms with Gasteiger partial charge in [0.1, 0.15) is 17.4 Å². The highest BCUT2D eigenvalue weighted by molar-refractivity contribution is 6.32. The molecule has 0 saturated carbocycles. The zero-order chi connectivity index (χ0) is 25.5. The summed E-state index contributed by atoms with van der Waals surface area (Å²) in [5, 5.41) is 1.71. The van der Waals surface area contributed by atoms with Gasteiger partial charge in [-0.05, 0) is 60.5 Å². The van der Waals surface area contributed by atoms with Gasteiger partial charge in [0.05, 0.1) is 22.8 Å². The molecule has 2 amide bonds. The number of hydrogen-bond donors (Lipinski definition) is 2. The molecule has 0 radical (unpaired) electrons. The SMILES string of the molecule is NC(=O)c1cc(NC(=O)c2cc(Cl)c(C(F)(F)F)cc2C2CCOc3ccc(F)cc32)ccc1F. The van der Waals surface area contributed by atoms with Crippen molar-refractivity contribution in [2.24, 2.45) is 5.73 Å². The van der Waals surface area contributed by atoms with Crippen molar-refractivity contribution in [1.29, 1.82) is 0 Å². The third kappa shape index (κ3) is 4.93. The lowest BCUT2D eigenvalue weighted by Gasteiger charge is -2.28. The van der Waals surface area contributed by atoms with E-state index in [0.29, 0.717) is 0 Å². The normalized spacial score (nSPS) is 15.2. The van der Waals surface area contributed by atoms with Gasteiger partial charge in [0.25, 0.3) is 11.8 Å². The number of ether oxygens (including phenoxy) is 1. The van der Waals surface area contributed by atoms with Crippen LogP contribution in [0.15, 0.2) is 48.5 Å². The van der Waals surface area contributed by atoms with E-state index in [0.717, 1.165) is 42.5 Å². The Hall–Kier alpha value is -3.66. The van der Waals surface area contributed by atoms with Gasteiger partial charge in [-0.25, -0.2) is 8.78 Å². The summed E-state index contributed by atoms with van der Waals surface area (Å²) in [4.78, 5) is 24.6. The van der Waals surface area contributed by atoms with Gasteiger partial charge in [-0.2, -0.15) is 13.2 Å². The average molecular weight is 511 g/mol. The molecule has 1 heterocycles. The summed E-state index contributed by atoms with van der Waals surface area (Å²) >= 11 is 5.89. The van der Waals surface area contributed by atoms with Crippen LogP contribution >= 0.6 is 11.6 Å². The molecule has 0 fully saturated rings. The summed E-state index contributed by atoms with van der Waals surface area (Å²) < 4.78 is 74.2. The topological polar surface area (TPSA) is 81.4 Å². The quantitative estimate of drug-likeness (QED) is 0.429. The molecular weight excluding hydrogens is 495 g/mol. The van der Waals surface area contributed by atoms with Crippen LogP contribution in [-0.4, -0.2) is 18.4 Å². The monoisotopic (exact) mass is 510 g/mol. The van der Waals surface area contributed by atoms with Crippen molar-refractivity contribution in [3.8, 4) is 5.75 Å². The van der Waals surface area contributed by atoms with E-state index >= 15 is 0 Å². The number of rotatable bonds is 4. The molecule has 11 heteroatoms. The molecule has 3 N–H and O–H groups in total. The fraction of sp³-hybridized carbons (Fsp3) is 0.167.